The Hall–Kier alpha value is -2.84. The van der Waals surface area contributed by atoms with Crippen LogP contribution in [0.2, 0.25) is 0 Å². The summed E-state index contributed by atoms with van der Waals surface area (Å²) in [5, 5.41) is 7.03. The zero-order valence-electron chi connectivity index (χ0n) is 18.8. The number of aryl methyl sites for hydroxylation is 1. The van der Waals surface area contributed by atoms with Crippen LogP contribution in [0.4, 0.5) is 0 Å². The first kappa shape index (κ1) is 22.9. The fraction of sp³-hybridized carbons (Fsp3) is 0.231. The Morgan fingerprint density at radius 3 is 2.59 bits per heavy atom. The number of halogens is 2. The summed E-state index contributed by atoms with van der Waals surface area (Å²) in [5.74, 6) is 1.16. The molecule has 174 valence electrons. The lowest BCUT2D eigenvalue weighted by atomic mass is 9.95. The average molecular weight is 586 g/mol. The molecule has 0 bridgehead atoms. The first-order valence-corrected chi connectivity index (χ1v) is 12.4. The quantitative estimate of drug-likeness (QED) is 0.252. The molecule has 6 nitrogen and oxygen atoms in total. The number of ether oxygens (including phenoxy) is 3. The molecule has 8 heteroatoms. The van der Waals surface area contributed by atoms with Crippen molar-refractivity contribution in [2.45, 2.75) is 32.5 Å². The number of fused-ring (bicyclic) bond motifs is 3. The van der Waals surface area contributed by atoms with Gasteiger partial charge in [0.15, 0.2) is 11.5 Å². The van der Waals surface area contributed by atoms with Crippen LogP contribution in [0.1, 0.15) is 47.9 Å². The molecule has 0 saturated heterocycles. The summed E-state index contributed by atoms with van der Waals surface area (Å²) >= 11 is 7.13. The molecule has 0 amide bonds. The molecule has 0 aliphatic carbocycles. The van der Waals surface area contributed by atoms with Gasteiger partial charge in [0.05, 0.1) is 23.3 Å². The molecule has 0 fully saturated rings. The number of hydrogen-bond donors (Lipinski definition) is 0. The van der Waals surface area contributed by atoms with Crippen molar-refractivity contribution in [1.29, 1.82) is 0 Å². The number of nitrogens with zero attached hydrogens (tertiary/aromatic N) is 2. The standard InChI is InChI=1S/C26H22Br2N2O4/c1-14-4-6-16(7-5-14)21-13-22-19-12-18(27)8-9-23(19)34-26(30(22)29-21)17-10-20(28)25(33-15(2)31)24(11-17)32-3/h4-12,22,26H,13H2,1-3H3/t22-,26-/m1/s1. The zero-order chi connectivity index (χ0) is 24.0. The highest BCUT2D eigenvalue weighted by atomic mass is 79.9. The third kappa shape index (κ3) is 4.20. The third-order valence-corrected chi connectivity index (χ3v) is 7.00. The Balaban J connectivity index is 1.60. The van der Waals surface area contributed by atoms with Gasteiger partial charge in [0.1, 0.15) is 5.75 Å². The van der Waals surface area contributed by atoms with Crippen molar-refractivity contribution in [3.63, 3.8) is 0 Å². The van der Waals surface area contributed by atoms with Crippen LogP contribution in [0, 0.1) is 6.92 Å². The Morgan fingerprint density at radius 2 is 1.88 bits per heavy atom. The molecule has 2 heterocycles. The molecule has 2 aliphatic heterocycles. The van der Waals surface area contributed by atoms with E-state index < -0.39 is 12.2 Å². The van der Waals surface area contributed by atoms with E-state index in [1.54, 1.807) is 7.11 Å². The summed E-state index contributed by atoms with van der Waals surface area (Å²) in [6.07, 6.45) is 0.272. The van der Waals surface area contributed by atoms with Gasteiger partial charge in [0.2, 0.25) is 6.23 Å². The number of carbonyl (C=O) groups excluding carboxylic acids is 1. The summed E-state index contributed by atoms with van der Waals surface area (Å²) < 4.78 is 19.0. The van der Waals surface area contributed by atoms with Crippen molar-refractivity contribution in [3.8, 4) is 17.2 Å². The van der Waals surface area contributed by atoms with Crippen LogP contribution in [0.25, 0.3) is 0 Å². The van der Waals surface area contributed by atoms with Crippen molar-refractivity contribution in [2.75, 3.05) is 7.11 Å². The Kier molecular flexibility index (Phi) is 6.12. The molecule has 5 rings (SSSR count). The molecular formula is C26H22Br2N2O4. The first-order chi connectivity index (χ1) is 16.3. The van der Waals surface area contributed by atoms with Crippen molar-refractivity contribution in [2.24, 2.45) is 5.10 Å². The van der Waals surface area contributed by atoms with Crippen LogP contribution >= 0.6 is 31.9 Å². The normalized spacial score (nSPS) is 18.5. The summed E-state index contributed by atoms with van der Waals surface area (Å²) in [7, 11) is 1.54. The van der Waals surface area contributed by atoms with Crippen molar-refractivity contribution < 1.29 is 19.0 Å². The third-order valence-electron chi connectivity index (χ3n) is 5.92. The fourth-order valence-corrected chi connectivity index (χ4v) is 5.24. The van der Waals surface area contributed by atoms with Crippen LogP contribution < -0.4 is 14.2 Å². The van der Waals surface area contributed by atoms with E-state index in [2.05, 4.69) is 69.1 Å². The van der Waals surface area contributed by atoms with Gasteiger partial charge in [-0.25, -0.2) is 5.01 Å². The van der Waals surface area contributed by atoms with Gasteiger partial charge in [-0.05, 0) is 58.7 Å². The van der Waals surface area contributed by atoms with Gasteiger partial charge in [-0.3, -0.25) is 4.79 Å². The highest BCUT2D eigenvalue weighted by Crippen LogP contribution is 2.49. The Bertz CT molecular complexity index is 1310. The predicted octanol–water partition coefficient (Wildman–Crippen LogP) is 6.70. The number of esters is 1. The SMILES string of the molecule is COc1cc([C@H]2Oc3ccc(Br)cc3[C@H]3CC(c4ccc(C)cc4)=NN32)cc(Br)c1OC(C)=O. The van der Waals surface area contributed by atoms with Crippen LogP contribution in [0.3, 0.4) is 0 Å². The molecular weight excluding hydrogens is 564 g/mol. The van der Waals surface area contributed by atoms with Crippen molar-refractivity contribution in [3.05, 3.63) is 85.8 Å². The molecule has 0 saturated carbocycles. The smallest absolute Gasteiger partial charge is 0.308 e. The van der Waals surface area contributed by atoms with E-state index in [1.165, 1.54) is 12.5 Å². The highest BCUT2D eigenvalue weighted by Gasteiger charge is 2.41. The van der Waals surface area contributed by atoms with E-state index in [-0.39, 0.29) is 6.04 Å². The second kappa shape index (κ2) is 9.07. The summed E-state index contributed by atoms with van der Waals surface area (Å²) in [6.45, 7) is 3.43. The largest absolute Gasteiger partial charge is 0.493 e. The molecule has 3 aromatic carbocycles. The molecule has 0 spiro atoms. The minimum Gasteiger partial charge on any atom is -0.493 e. The van der Waals surface area contributed by atoms with Gasteiger partial charge >= 0.3 is 5.97 Å². The highest BCUT2D eigenvalue weighted by molar-refractivity contribution is 9.10. The number of rotatable bonds is 4. The molecule has 0 aromatic heterocycles. The van der Waals surface area contributed by atoms with E-state index >= 15 is 0 Å². The van der Waals surface area contributed by atoms with Crippen LogP contribution in [-0.4, -0.2) is 23.8 Å². The minimum atomic E-state index is -0.488. The maximum atomic E-state index is 11.6. The first-order valence-electron chi connectivity index (χ1n) is 10.8. The minimum absolute atomic E-state index is 0.0143. The number of carbonyl (C=O) groups is 1. The lowest BCUT2D eigenvalue weighted by Crippen LogP contribution is -2.33. The number of benzene rings is 3. The van der Waals surface area contributed by atoms with Gasteiger partial charge in [-0.1, -0.05) is 45.8 Å². The fourth-order valence-electron chi connectivity index (χ4n) is 4.32. The molecule has 3 aromatic rings. The van der Waals surface area contributed by atoms with E-state index in [1.807, 2.05) is 29.3 Å². The summed E-state index contributed by atoms with van der Waals surface area (Å²) in [4.78, 5) is 11.6. The molecule has 34 heavy (non-hydrogen) atoms. The summed E-state index contributed by atoms with van der Waals surface area (Å²) in [6, 6.07) is 18.2. The van der Waals surface area contributed by atoms with E-state index in [0.717, 1.165) is 39.0 Å². The topological polar surface area (TPSA) is 60.4 Å². The monoisotopic (exact) mass is 584 g/mol. The van der Waals surface area contributed by atoms with Gasteiger partial charge in [0, 0.05) is 28.9 Å². The second-order valence-electron chi connectivity index (χ2n) is 8.29. The molecule has 0 unspecified atom stereocenters. The van der Waals surface area contributed by atoms with E-state index in [0.29, 0.717) is 16.0 Å². The Labute approximate surface area is 214 Å². The second-order valence-corrected chi connectivity index (χ2v) is 10.1. The Morgan fingerprint density at radius 1 is 1.12 bits per heavy atom. The van der Waals surface area contributed by atoms with Crippen molar-refractivity contribution >= 4 is 43.5 Å². The lowest BCUT2D eigenvalue weighted by Gasteiger charge is -2.38. The lowest BCUT2D eigenvalue weighted by molar-refractivity contribution is -0.132. The van der Waals surface area contributed by atoms with Crippen LogP contribution in [0.5, 0.6) is 17.2 Å². The average Bonchev–Trinajstić information content (AvgIpc) is 3.26. The van der Waals surface area contributed by atoms with E-state index in [4.69, 9.17) is 19.3 Å². The molecule has 0 radical (unpaired) electrons. The van der Waals surface area contributed by atoms with Crippen LogP contribution in [-0.2, 0) is 4.79 Å². The maximum Gasteiger partial charge on any atom is 0.308 e. The van der Waals surface area contributed by atoms with Crippen LogP contribution in [0.15, 0.2) is 68.6 Å². The van der Waals surface area contributed by atoms with Gasteiger partial charge in [0.25, 0.3) is 0 Å². The van der Waals surface area contributed by atoms with E-state index in [9.17, 15) is 4.79 Å². The summed E-state index contributed by atoms with van der Waals surface area (Å²) in [5.41, 5.74) is 5.22. The predicted molar refractivity (Wildman–Crippen MR) is 136 cm³/mol. The maximum absolute atomic E-state index is 11.6. The van der Waals surface area contributed by atoms with Gasteiger partial charge < -0.3 is 14.2 Å². The van der Waals surface area contributed by atoms with Gasteiger partial charge in [-0.15, -0.1) is 0 Å². The molecule has 2 atom stereocenters. The van der Waals surface area contributed by atoms with Crippen molar-refractivity contribution in [1.82, 2.24) is 5.01 Å². The van der Waals surface area contributed by atoms with Gasteiger partial charge in [-0.2, -0.15) is 5.10 Å². The molecule has 2 aliphatic rings. The number of hydrazone groups is 1. The molecule has 0 N–H and O–H groups in total. The number of methoxy groups -OCH3 is 1. The number of hydrogen-bond acceptors (Lipinski definition) is 6. The zero-order valence-corrected chi connectivity index (χ0v) is 22.0.